The van der Waals surface area contributed by atoms with E-state index in [-0.39, 0.29) is 22.5 Å². The Kier molecular flexibility index (Phi) is 5.36. The van der Waals surface area contributed by atoms with Crippen molar-refractivity contribution in [3.63, 3.8) is 0 Å². The van der Waals surface area contributed by atoms with Crippen LogP contribution in [0.2, 0.25) is 0 Å². The first kappa shape index (κ1) is 20.2. The molecule has 0 bridgehead atoms. The number of fused-ring (bicyclic) bond motifs is 1. The second-order valence-electron chi connectivity index (χ2n) is 6.73. The lowest BCUT2D eigenvalue weighted by Gasteiger charge is -2.21. The number of nitrogens with zero attached hydrogens (tertiary/aromatic N) is 2. The van der Waals surface area contributed by atoms with Crippen molar-refractivity contribution < 1.29 is 17.6 Å². The van der Waals surface area contributed by atoms with E-state index in [1.807, 2.05) is 30.3 Å². The van der Waals surface area contributed by atoms with Gasteiger partial charge in [-0.1, -0.05) is 59.9 Å². The predicted molar refractivity (Wildman–Crippen MR) is 116 cm³/mol. The minimum Gasteiger partial charge on any atom is -0.279 e. The predicted octanol–water partition coefficient (Wildman–Crippen LogP) is 4.69. The van der Waals surface area contributed by atoms with Crippen LogP contribution in [0.15, 0.2) is 77.7 Å². The molecule has 0 aliphatic rings. The third-order valence-corrected chi connectivity index (χ3v) is 6.73. The number of hydrogen-bond acceptors (Lipinski definition) is 5. The smallest absolute Gasteiger partial charge is 0.261 e. The molecule has 1 heterocycles. The molecule has 5 nitrogen and oxygen atoms in total. The molecule has 0 aliphatic heterocycles. The Morgan fingerprint density at radius 1 is 1.00 bits per heavy atom. The average Bonchev–Trinajstić information content (AvgIpc) is 3.17. The summed E-state index contributed by atoms with van der Waals surface area (Å²) in [6, 6.07) is 20.0. The molecular formula is C22H17FN2O3S2. The fraction of sp³-hybridized carbons (Fsp3) is 0.0909. The lowest BCUT2D eigenvalue weighted by atomic mass is 10.1. The van der Waals surface area contributed by atoms with E-state index in [2.05, 4.69) is 4.98 Å². The Hall–Kier alpha value is -3.10. The van der Waals surface area contributed by atoms with E-state index in [0.717, 1.165) is 11.8 Å². The quantitative estimate of drug-likeness (QED) is 0.452. The van der Waals surface area contributed by atoms with Gasteiger partial charge in [-0.25, -0.2) is 17.8 Å². The van der Waals surface area contributed by atoms with Gasteiger partial charge in [0.15, 0.2) is 15.0 Å². The van der Waals surface area contributed by atoms with Crippen LogP contribution in [0.1, 0.15) is 15.9 Å². The van der Waals surface area contributed by atoms with Gasteiger partial charge < -0.3 is 0 Å². The summed E-state index contributed by atoms with van der Waals surface area (Å²) in [6.45, 7) is 0.166. The van der Waals surface area contributed by atoms with Crippen LogP contribution in [0.5, 0.6) is 0 Å². The molecule has 0 N–H and O–H groups in total. The molecule has 4 aromatic rings. The Morgan fingerprint density at radius 3 is 2.40 bits per heavy atom. The maximum Gasteiger partial charge on any atom is 0.261 e. The molecule has 0 radical (unpaired) electrons. The molecule has 0 saturated heterocycles. The molecule has 30 heavy (non-hydrogen) atoms. The standard InChI is InChI=1S/C22H17FN2O3S2/c1-30(27,28)19-13-6-5-10-16(19)21(26)25(14-15-8-3-2-4-9-15)22-24-20-17(23)11-7-12-18(20)29-22/h2-13H,14H2,1H3. The van der Waals surface area contributed by atoms with Crippen molar-refractivity contribution in [1.29, 1.82) is 0 Å². The number of halogens is 1. The second-order valence-corrected chi connectivity index (χ2v) is 9.72. The van der Waals surface area contributed by atoms with Crippen LogP contribution in [-0.4, -0.2) is 25.6 Å². The highest BCUT2D eigenvalue weighted by atomic mass is 32.2. The zero-order valence-electron chi connectivity index (χ0n) is 15.9. The number of hydrogen-bond donors (Lipinski definition) is 0. The van der Waals surface area contributed by atoms with Crippen molar-refractivity contribution in [3.8, 4) is 0 Å². The molecule has 152 valence electrons. The van der Waals surface area contributed by atoms with Gasteiger partial charge in [0, 0.05) is 6.26 Å². The summed E-state index contributed by atoms with van der Waals surface area (Å²) in [7, 11) is -3.62. The van der Waals surface area contributed by atoms with Crippen molar-refractivity contribution >= 4 is 42.4 Å². The Labute approximate surface area is 177 Å². The molecule has 0 unspecified atom stereocenters. The summed E-state index contributed by atoms with van der Waals surface area (Å²) in [6.07, 6.45) is 1.06. The lowest BCUT2D eigenvalue weighted by molar-refractivity contribution is 0.0982. The lowest BCUT2D eigenvalue weighted by Crippen LogP contribution is -2.31. The number of sulfone groups is 1. The highest BCUT2D eigenvalue weighted by molar-refractivity contribution is 7.90. The van der Waals surface area contributed by atoms with Gasteiger partial charge in [0.1, 0.15) is 11.3 Å². The van der Waals surface area contributed by atoms with E-state index in [1.54, 1.807) is 24.3 Å². The first-order valence-corrected chi connectivity index (χ1v) is 11.8. The first-order valence-electron chi connectivity index (χ1n) is 9.04. The van der Waals surface area contributed by atoms with Crippen LogP contribution < -0.4 is 4.90 Å². The van der Waals surface area contributed by atoms with Crippen molar-refractivity contribution in [2.75, 3.05) is 11.2 Å². The van der Waals surface area contributed by atoms with Crippen LogP contribution in [0.25, 0.3) is 10.2 Å². The molecule has 0 aliphatic carbocycles. The van der Waals surface area contributed by atoms with Crippen LogP contribution in [0.3, 0.4) is 0 Å². The Bertz CT molecular complexity index is 1340. The van der Waals surface area contributed by atoms with Crippen molar-refractivity contribution in [2.24, 2.45) is 0 Å². The maximum atomic E-state index is 14.2. The third kappa shape index (κ3) is 3.96. The topological polar surface area (TPSA) is 67.3 Å². The van der Waals surface area contributed by atoms with E-state index in [4.69, 9.17) is 0 Å². The number of aromatic nitrogens is 1. The van der Waals surface area contributed by atoms with Crippen LogP contribution in [-0.2, 0) is 16.4 Å². The molecule has 0 saturated carbocycles. The monoisotopic (exact) mass is 440 g/mol. The number of carbonyl (C=O) groups is 1. The van der Waals surface area contributed by atoms with Gasteiger partial charge in [-0.2, -0.15) is 0 Å². The molecular weight excluding hydrogens is 423 g/mol. The second kappa shape index (κ2) is 7.97. The highest BCUT2D eigenvalue weighted by Crippen LogP contribution is 2.32. The summed E-state index contributed by atoms with van der Waals surface area (Å²) in [5.74, 6) is -0.988. The summed E-state index contributed by atoms with van der Waals surface area (Å²) < 4.78 is 39.3. The van der Waals surface area contributed by atoms with E-state index in [0.29, 0.717) is 9.83 Å². The number of thiazole rings is 1. The molecule has 8 heteroatoms. The Balaban J connectivity index is 1.85. The van der Waals surface area contributed by atoms with Crippen LogP contribution in [0, 0.1) is 5.82 Å². The largest absolute Gasteiger partial charge is 0.279 e. The van der Waals surface area contributed by atoms with Gasteiger partial charge in [0.25, 0.3) is 5.91 Å². The number of amides is 1. The minimum absolute atomic E-state index is 0.0515. The van der Waals surface area contributed by atoms with Crippen molar-refractivity contribution in [2.45, 2.75) is 11.4 Å². The Morgan fingerprint density at radius 2 is 1.70 bits per heavy atom. The van der Waals surface area contributed by atoms with Gasteiger partial charge in [0.2, 0.25) is 0 Å². The highest BCUT2D eigenvalue weighted by Gasteiger charge is 2.26. The van der Waals surface area contributed by atoms with E-state index < -0.39 is 21.6 Å². The number of anilines is 1. The molecule has 0 spiro atoms. The molecule has 1 aromatic heterocycles. The zero-order valence-corrected chi connectivity index (χ0v) is 17.6. The van der Waals surface area contributed by atoms with E-state index >= 15 is 0 Å². The van der Waals surface area contributed by atoms with Gasteiger partial charge >= 0.3 is 0 Å². The average molecular weight is 441 g/mol. The summed E-state index contributed by atoms with van der Waals surface area (Å²) in [4.78, 5) is 19.2. The molecule has 1 amide bonds. The third-order valence-electron chi connectivity index (χ3n) is 4.53. The molecule has 0 fully saturated rings. The van der Waals surface area contributed by atoms with Gasteiger partial charge in [-0.15, -0.1) is 0 Å². The number of rotatable bonds is 5. The van der Waals surface area contributed by atoms with E-state index in [1.165, 1.54) is 34.4 Å². The molecule has 3 aromatic carbocycles. The zero-order chi connectivity index (χ0) is 21.3. The van der Waals surface area contributed by atoms with Gasteiger partial charge in [0.05, 0.1) is 21.7 Å². The minimum atomic E-state index is -3.62. The van der Waals surface area contributed by atoms with Gasteiger partial charge in [-0.05, 0) is 29.8 Å². The van der Waals surface area contributed by atoms with Crippen molar-refractivity contribution in [1.82, 2.24) is 4.98 Å². The van der Waals surface area contributed by atoms with Crippen molar-refractivity contribution in [3.05, 3.63) is 89.7 Å². The summed E-state index contributed by atoms with van der Waals surface area (Å²) >= 11 is 1.18. The normalized spacial score (nSPS) is 11.5. The number of para-hydroxylation sites is 1. The summed E-state index contributed by atoms with van der Waals surface area (Å²) in [5.41, 5.74) is 1.07. The SMILES string of the molecule is CS(=O)(=O)c1ccccc1C(=O)N(Cc1ccccc1)c1nc2c(F)cccc2s1. The molecule has 4 rings (SSSR count). The van der Waals surface area contributed by atoms with E-state index in [9.17, 15) is 17.6 Å². The first-order chi connectivity index (χ1) is 14.3. The molecule has 0 atom stereocenters. The maximum absolute atomic E-state index is 14.2. The fourth-order valence-electron chi connectivity index (χ4n) is 3.12. The fourth-order valence-corrected chi connectivity index (χ4v) is 4.98. The summed E-state index contributed by atoms with van der Waals surface area (Å²) in [5, 5.41) is 0.298. The van der Waals surface area contributed by atoms with Gasteiger partial charge in [-0.3, -0.25) is 9.69 Å². The van der Waals surface area contributed by atoms with Crippen LogP contribution in [0.4, 0.5) is 9.52 Å². The van der Waals surface area contributed by atoms with Crippen LogP contribution >= 0.6 is 11.3 Å². The number of carbonyl (C=O) groups excluding carboxylic acids is 1. The number of benzene rings is 3.